The van der Waals surface area contributed by atoms with E-state index in [0.29, 0.717) is 13.2 Å². The van der Waals surface area contributed by atoms with Crippen LogP contribution in [0.5, 0.6) is 0 Å². The van der Waals surface area contributed by atoms with E-state index in [1.165, 1.54) is 30.7 Å². The van der Waals surface area contributed by atoms with Gasteiger partial charge in [-0.2, -0.15) is 0 Å². The van der Waals surface area contributed by atoms with Gasteiger partial charge in [0.1, 0.15) is 0 Å². The van der Waals surface area contributed by atoms with Crippen molar-refractivity contribution < 1.29 is 4.74 Å². The molecule has 0 aliphatic rings. The third kappa shape index (κ3) is 7.76. The summed E-state index contributed by atoms with van der Waals surface area (Å²) in [6, 6.07) is 38.2. The highest BCUT2D eigenvalue weighted by Crippen LogP contribution is 2.32. The monoisotopic (exact) mass is 598 g/mol. The molecule has 0 radical (unpaired) electrons. The van der Waals surface area contributed by atoms with E-state index in [-0.39, 0.29) is 9.65 Å². The summed E-state index contributed by atoms with van der Waals surface area (Å²) in [5.74, 6) is 0. The van der Waals surface area contributed by atoms with Crippen molar-refractivity contribution in [2.45, 2.75) is 29.2 Å². The summed E-state index contributed by atoms with van der Waals surface area (Å²) >= 11 is 11.1. The van der Waals surface area contributed by atoms with Crippen LogP contribution >= 0.6 is 55.4 Å². The average molecular weight is 600 g/mol. The van der Waals surface area contributed by atoms with Crippen LogP contribution in [0.1, 0.15) is 20.8 Å². The lowest BCUT2D eigenvalue weighted by Gasteiger charge is -2.15. The zero-order chi connectivity index (χ0) is 22.9. The molecule has 0 amide bonds. The highest BCUT2D eigenvalue weighted by Gasteiger charge is 2.12. The van der Waals surface area contributed by atoms with Gasteiger partial charge in [0.15, 0.2) is 0 Å². The molecule has 0 aliphatic heterocycles. The summed E-state index contributed by atoms with van der Waals surface area (Å²) in [7, 11) is 0. The molecule has 0 aliphatic carbocycles. The van der Waals surface area contributed by atoms with E-state index in [1.807, 2.05) is 12.1 Å². The van der Waals surface area contributed by atoms with E-state index in [9.17, 15) is 0 Å². The Morgan fingerprint density at radius 1 is 0.485 bits per heavy atom. The molecule has 4 aromatic rings. The lowest BCUT2D eigenvalue weighted by Crippen LogP contribution is -2.07. The molecule has 0 bridgehead atoms. The second-order valence-electron chi connectivity index (χ2n) is 7.44. The first-order valence-electron chi connectivity index (χ1n) is 10.7. The molecule has 1 nitrogen and oxygen atoms in total. The molecular formula is C28H24Br2OS2. The predicted molar refractivity (Wildman–Crippen MR) is 148 cm³/mol. The van der Waals surface area contributed by atoms with Crippen molar-refractivity contribution in [2.24, 2.45) is 0 Å². The lowest BCUT2D eigenvalue weighted by molar-refractivity contribution is 0.139. The third-order valence-corrected chi connectivity index (χ3v) is 8.59. The van der Waals surface area contributed by atoms with Gasteiger partial charge in [0.2, 0.25) is 0 Å². The van der Waals surface area contributed by atoms with Gasteiger partial charge in [0, 0.05) is 19.6 Å². The molecule has 5 heteroatoms. The van der Waals surface area contributed by atoms with Crippen LogP contribution in [-0.4, -0.2) is 13.2 Å². The Balaban J connectivity index is 1.23. The van der Waals surface area contributed by atoms with Crippen molar-refractivity contribution in [3.63, 3.8) is 0 Å². The molecule has 0 spiro atoms. The first-order valence-corrected chi connectivity index (χ1v) is 14.2. The third-order valence-electron chi connectivity index (χ3n) is 4.97. The van der Waals surface area contributed by atoms with Gasteiger partial charge >= 0.3 is 0 Å². The van der Waals surface area contributed by atoms with Crippen molar-refractivity contribution in [1.82, 2.24) is 0 Å². The van der Waals surface area contributed by atoms with Gasteiger partial charge in [0.05, 0.1) is 22.9 Å². The minimum atomic E-state index is 0.164. The number of halogens is 2. The molecule has 2 unspecified atom stereocenters. The van der Waals surface area contributed by atoms with Crippen molar-refractivity contribution >= 4 is 55.4 Å². The van der Waals surface area contributed by atoms with Crippen LogP contribution in [0.4, 0.5) is 0 Å². The number of rotatable bonds is 10. The van der Waals surface area contributed by atoms with E-state index < -0.39 is 0 Å². The van der Waals surface area contributed by atoms with E-state index >= 15 is 0 Å². The Labute approximate surface area is 221 Å². The minimum Gasteiger partial charge on any atom is -0.378 e. The SMILES string of the molecule is BrC(COCC(Br)c1ccc(Sc2ccccc2)cc1)c1ccc(Sc2ccccc2)cc1. The fraction of sp³-hybridized carbons (Fsp3) is 0.143. The van der Waals surface area contributed by atoms with Gasteiger partial charge in [-0.15, -0.1) is 0 Å². The Bertz CT molecular complexity index is 1010. The fourth-order valence-electron chi connectivity index (χ4n) is 3.21. The maximum Gasteiger partial charge on any atom is 0.0633 e. The average Bonchev–Trinajstić information content (AvgIpc) is 2.86. The second kappa shape index (κ2) is 12.8. The molecular weight excluding hydrogens is 576 g/mol. The quantitative estimate of drug-likeness (QED) is 0.168. The highest BCUT2D eigenvalue weighted by atomic mass is 79.9. The zero-order valence-electron chi connectivity index (χ0n) is 17.9. The summed E-state index contributed by atoms with van der Waals surface area (Å²) in [5.41, 5.74) is 2.45. The molecule has 0 saturated carbocycles. The topological polar surface area (TPSA) is 9.23 Å². The standard InChI is InChI=1S/C28H24Br2OS2/c29-27(21-11-15-25(16-12-21)32-23-7-3-1-4-8-23)19-31-20-28(30)22-13-17-26(18-14-22)33-24-9-5-2-6-10-24/h1-18,27-28H,19-20H2. The van der Waals surface area contributed by atoms with Crippen LogP contribution in [-0.2, 0) is 4.74 Å². The number of hydrogen-bond acceptors (Lipinski definition) is 3. The van der Waals surface area contributed by atoms with Crippen LogP contribution in [0.2, 0.25) is 0 Å². The molecule has 0 aromatic heterocycles. The van der Waals surface area contributed by atoms with Crippen molar-refractivity contribution in [1.29, 1.82) is 0 Å². The van der Waals surface area contributed by atoms with Crippen LogP contribution in [0.3, 0.4) is 0 Å². The van der Waals surface area contributed by atoms with E-state index in [4.69, 9.17) is 4.74 Å². The summed E-state index contributed by atoms with van der Waals surface area (Å²) < 4.78 is 6.01. The zero-order valence-corrected chi connectivity index (χ0v) is 22.7. The van der Waals surface area contributed by atoms with Gasteiger partial charge in [-0.3, -0.25) is 0 Å². The number of ether oxygens (including phenoxy) is 1. The van der Waals surface area contributed by atoms with Crippen LogP contribution in [0.15, 0.2) is 129 Å². The Morgan fingerprint density at radius 2 is 0.818 bits per heavy atom. The molecule has 0 N–H and O–H groups in total. The Kier molecular flexibility index (Phi) is 9.56. The van der Waals surface area contributed by atoms with E-state index in [0.717, 1.165) is 0 Å². The normalized spacial score (nSPS) is 12.9. The van der Waals surface area contributed by atoms with Gasteiger partial charge in [-0.1, -0.05) is 116 Å². The largest absolute Gasteiger partial charge is 0.378 e. The van der Waals surface area contributed by atoms with Crippen LogP contribution in [0, 0.1) is 0 Å². The van der Waals surface area contributed by atoms with E-state index in [1.54, 1.807) is 23.5 Å². The van der Waals surface area contributed by atoms with Crippen molar-refractivity contribution in [3.8, 4) is 0 Å². The van der Waals surface area contributed by atoms with Gasteiger partial charge in [0.25, 0.3) is 0 Å². The van der Waals surface area contributed by atoms with Gasteiger partial charge in [-0.05, 0) is 59.7 Å². The number of alkyl halides is 2. The summed E-state index contributed by atoms with van der Waals surface area (Å²) in [5, 5.41) is 0. The van der Waals surface area contributed by atoms with Crippen molar-refractivity contribution in [3.05, 3.63) is 120 Å². The number of benzene rings is 4. The highest BCUT2D eigenvalue weighted by molar-refractivity contribution is 9.09. The Morgan fingerprint density at radius 3 is 1.18 bits per heavy atom. The molecule has 0 saturated heterocycles. The van der Waals surface area contributed by atoms with Crippen molar-refractivity contribution in [2.75, 3.05) is 13.2 Å². The smallest absolute Gasteiger partial charge is 0.0633 e. The summed E-state index contributed by atoms with van der Waals surface area (Å²) in [6.45, 7) is 1.24. The maximum atomic E-state index is 6.01. The van der Waals surface area contributed by atoms with Gasteiger partial charge in [-0.25, -0.2) is 0 Å². The first kappa shape index (κ1) is 24.6. The summed E-state index contributed by atoms with van der Waals surface area (Å²) in [4.78, 5) is 5.30. The molecule has 4 aromatic carbocycles. The lowest BCUT2D eigenvalue weighted by atomic mass is 10.1. The van der Waals surface area contributed by atoms with Gasteiger partial charge < -0.3 is 4.74 Å². The predicted octanol–water partition coefficient (Wildman–Crippen LogP) is 9.58. The fourth-order valence-corrected chi connectivity index (χ4v) is 5.87. The Hall–Kier alpha value is -1.50. The second-order valence-corrected chi connectivity index (χ2v) is 11.9. The molecule has 168 valence electrons. The maximum absolute atomic E-state index is 6.01. The molecule has 33 heavy (non-hydrogen) atoms. The van der Waals surface area contributed by atoms with Crippen LogP contribution < -0.4 is 0 Å². The minimum absolute atomic E-state index is 0.164. The molecule has 4 rings (SSSR count). The summed E-state index contributed by atoms with van der Waals surface area (Å²) in [6.07, 6.45) is 0. The van der Waals surface area contributed by atoms with E-state index in [2.05, 4.69) is 129 Å². The first-order chi connectivity index (χ1) is 16.2. The van der Waals surface area contributed by atoms with Crippen LogP contribution in [0.25, 0.3) is 0 Å². The molecule has 2 atom stereocenters. The molecule has 0 fully saturated rings. The number of hydrogen-bond donors (Lipinski definition) is 0. The molecule has 0 heterocycles.